The van der Waals surface area contributed by atoms with Gasteiger partial charge in [0.2, 0.25) is 0 Å². The Hall–Kier alpha value is 2.16. The summed E-state index contributed by atoms with van der Waals surface area (Å²) in [5.74, 6) is -2.54. The molecule has 1 heterocycles. The van der Waals surface area contributed by atoms with Crippen LogP contribution < -0.4 is 24.0 Å². The predicted molar refractivity (Wildman–Crippen MR) is 113 cm³/mol. The Morgan fingerprint density at radius 3 is 2.17 bits per heavy atom. The second kappa shape index (κ2) is 12.8. The standard InChI is InChI=1S/C24H37O8.2Ac.Li/c1-12-9-21(5,6)24(30,10-16(12)27)20(32-15(4)26)18-22(7,19(28)14(3)25)13(2)8-17-23(18,29)11-31-17;;;/h9,13,16-20,28-30H,8,10-11H2,1-7H3;;;/q-1;;;+1/t13-,16-,17+,18?,19+,20-,22+,23-,24+;;;/m0.../s1. The van der Waals surface area contributed by atoms with Crippen molar-refractivity contribution in [2.75, 3.05) is 6.61 Å². The van der Waals surface area contributed by atoms with Crippen LogP contribution in [0.1, 0.15) is 61.3 Å². The molecular formula is C24H37Ac2LiO8. The van der Waals surface area contributed by atoms with Crippen LogP contribution in [0.15, 0.2) is 11.6 Å². The van der Waals surface area contributed by atoms with E-state index < -0.39 is 64.1 Å². The molecule has 0 aromatic heterocycles. The Labute approximate surface area is 292 Å². The number of esters is 1. The van der Waals surface area contributed by atoms with E-state index in [1.165, 1.54) is 13.8 Å². The van der Waals surface area contributed by atoms with Gasteiger partial charge in [0.1, 0.15) is 23.4 Å². The van der Waals surface area contributed by atoms with E-state index in [-0.39, 0.29) is 126 Å². The first-order valence-electron chi connectivity index (χ1n) is 11.3. The number of fused-ring (bicyclic) bond motifs is 1. The van der Waals surface area contributed by atoms with Crippen LogP contribution in [-0.2, 0) is 19.1 Å². The molecule has 188 valence electrons. The minimum Gasteiger partial charge on any atom is -0.849 e. The maximum absolute atomic E-state index is 12.8. The molecule has 1 unspecified atom stereocenters. The van der Waals surface area contributed by atoms with Crippen molar-refractivity contribution in [3.8, 4) is 0 Å². The summed E-state index contributed by atoms with van der Waals surface area (Å²) in [5, 5.41) is 47.7. The molecule has 8 nitrogen and oxygen atoms in total. The minimum atomic E-state index is -1.85. The molecule has 3 rings (SSSR count). The molecule has 1 saturated carbocycles. The van der Waals surface area contributed by atoms with Crippen molar-refractivity contribution in [1.29, 1.82) is 0 Å². The zero-order valence-corrected chi connectivity index (χ0v) is 31.7. The van der Waals surface area contributed by atoms with Gasteiger partial charge in [0.15, 0.2) is 5.78 Å². The number of aliphatic hydroxyl groups is 3. The zero-order valence-electron chi connectivity index (χ0n) is 22.2. The van der Waals surface area contributed by atoms with Crippen molar-refractivity contribution < 1.29 is 146 Å². The first-order valence-corrected chi connectivity index (χ1v) is 11.3. The smallest absolute Gasteiger partial charge is 0.849 e. The molecule has 0 aromatic rings. The van der Waals surface area contributed by atoms with Gasteiger partial charge < -0.3 is 29.9 Å². The number of ether oxygens (including phenoxy) is 2. The first kappa shape index (κ1) is 37.2. The van der Waals surface area contributed by atoms with Crippen LogP contribution in [0.3, 0.4) is 0 Å². The van der Waals surface area contributed by atoms with Crippen LogP contribution in [0.2, 0.25) is 0 Å². The maximum atomic E-state index is 12.8. The molecule has 0 bridgehead atoms. The summed E-state index contributed by atoms with van der Waals surface area (Å²) >= 11 is 0. The fourth-order valence-electron chi connectivity index (χ4n) is 6.42. The number of hydrogen-bond donors (Lipinski definition) is 3. The summed E-state index contributed by atoms with van der Waals surface area (Å²) in [7, 11) is 0. The van der Waals surface area contributed by atoms with E-state index in [0.29, 0.717) is 12.0 Å². The molecule has 0 aromatic carbocycles. The van der Waals surface area contributed by atoms with Crippen molar-refractivity contribution in [2.24, 2.45) is 22.7 Å². The summed E-state index contributed by atoms with van der Waals surface area (Å²) in [6.45, 7) is 11.1. The average molecular weight is 914 g/mol. The molecule has 1 aliphatic heterocycles. The average Bonchev–Trinajstić information content (AvgIpc) is 2.66. The van der Waals surface area contributed by atoms with Crippen molar-refractivity contribution in [1.82, 2.24) is 0 Å². The maximum Gasteiger partial charge on any atom is 1.00 e. The van der Waals surface area contributed by atoms with Gasteiger partial charge in [-0.3, -0.25) is 9.59 Å². The third-order valence-corrected chi connectivity index (χ3v) is 8.66. The molecule has 3 N–H and O–H groups in total. The second-order valence-electron chi connectivity index (χ2n) is 11.0. The van der Waals surface area contributed by atoms with Gasteiger partial charge in [-0.2, -0.15) is 0 Å². The van der Waals surface area contributed by atoms with Crippen LogP contribution in [-0.4, -0.2) is 69.3 Å². The SMILES string of the molecule is CC(=O)O[C@@H](C1[C@](C)([C@H](O)C(C)=O)[C@@H](C)C[C@H]2OC[C@@]12O)[C@]1(O)C[C@H]([O-])C(C)=CC1(C)C.[Ac].[Ac].[Li+]. The van der Waals surface area contributed by atoms with E-state index in [0.717, 1.165) is 0 Å². The molecule has 35 heavy (non-hydrogen) atoms. The Kier molecular flexibility index (Phi) is 13.6. The topological polar surface area (TPSA) is 136 Å². The molecule has 0 amide bonds. The molecule has 9 atom stereocenters. The van der Waals surface area contributed by atoms with Gasteiger partial charge in [0.25, 0.3) is 0 Å². The predicted octanol–water partition coefficient (Wildman–Crippen LogP) is -2.50. The molecule has 2 radical (unpaired) electrons. The van der Waals surface area contributed by atoms with Crippen molar-refractivity contribution in [3.63, 3.8) is 0 Å². The van der Waals surface area contributed by atoms with Crippen LogP contribution in [0.4, 0.5) is 0 Å². The third-order valence-electron chi connectivity index (χ3n) is 8.66. The van der Waals surface area contributed by atoms with Crippen LogP contribution in [0.25, 0.3) is 0 Å². The summed E-state index contributed by atoms with van der Waals surface area (Å²) in [6, 6.07) is 0. The summed E-state index contributed by atoms with van der Waals surface area (Å²) in [4.78, 5) is 24.7. The van der Waals surface area contributed by atoms with Gasteiger partial charge in [-0.1, -0.05) is 39.3 Å². The number of rotatable bonds is 5. The van der Waals surface area contributed by atoms with Crippen molar-refractivity contribution >= 4 is 11.8 Å². The molecule has 2 aliphatic carbocycles. The fourth-order valence-corrected chi connectivity index (χ4v) is 6.42. The number of aliphatic hydroxyl groups excluding tert-OH is 1. The Balaban J connectivity index is 0.00000385. The Bertz CT molecular complexity index is 838. The van der Waals surface area contributed by atoms with Gasteiger partial charge >= 0.3 is 24.8 Å². The summed E-state index contributed by atoms with van der Waals surface area (Å²) in [6.07, 6.45) is -2.79. The molecule has 3 aliphatic rings. The van der Waals surface area contributed by atoms with Gasteiger partial charge in [-0.05, 0) is 32.6 Å². The Morgan fingerprint density at radius 2 is 1.74 bits per heavy atom. The monoisotopic (exact) mass is 914 g/mol. The van der Waals surface area contributed by atoms with E-state index in [4.69, 9.17) is 9.47 Å². The summed E-state index contributed by atoms with van der Waals surface area (Å²) < 4.78 is 11.4. The molecule has 1 saturated heterocycles. The normalized spacial score (nSPS) is 41.2. The van der Waals surface area contributed by atoms with Crippen LogP contribution >= 0.6 is 0 Å². The molecular weight excluding hydrogens is 877 g/mol. The fraction of sp³-hybridized carbons (Fsp3) is 0.833. The molecule has 11 heteroatoms. The van der Waals surface area contributed by atoms with Crippen LogP contribution in [0.5, 0.6) is 0 Å². The molecule has 2 fully saturated rings. The third kappa shape index (κ3) is 6.10. The van der Waals surface area contributed by atoms with Gasteiger partial charge in [0, 0.05) is 112 Å². The Morgan fingerprint density at radius 1 is 1.20 bits per heavy atom. The van der Waals surface area contributed by atoms with Crippen molar-refractivity contribution in [3.05, 3.63) is 11.6 Å². The van der Waals surface area contributed by atoms with Gasteiger partial charge in [-0.15, -0.1) is 6.10 Å². The number of carbonyl (C=O) groups excluding carboxylic acids is 2. The van der Waals surface area contributed by atoms with Crippen LogP contribution in [0, 0.1) is 111 Å². The number of carbonyl (C=O) groups is 2. The van der Waals surface area contributed by atoms with Gasteiger partial charge in [0.05, 0.1) is 12.7 Å². The number of Topliss-reactive ketones (excluding diaryl/α,β-unsaturated/α-hetero) is 1. The first-order chi connectivity index (χ1) is 14.5. The second-order valence-corrected chi connectivity index (χ2v) is 11.0. The van der Waals surface area contributed by atoms with E-state index in [9.17, 15) is 30.0 Å². The molecule has 0 spiro atoms. The van der Waals surface area contributed by atoms with Gasteiger partial charge in [-0.25, -0.2) is 0 Å². The van der Waals surface area contributed by atoms with E-state index >= 15 is 0 Å². The van der Waals surface area contributed by atoms with E-state index in [1.807, 2.05) is 6.92 Å². The van der Waals surface area contributed by atoms with Crippen molar-refractivity contribution in [2.45, 2.75) is 96.9 Å². The van der Waals surface area contributed by atoms with E-state index in [1.54, 1.807) is 33.8 Å². The number of ketones is 1. The quantitative estimate of drug-likeness (QED) is 0.157. The van der Waals surface area contributed by atoms with E-state index in [2.05, 4.69) is 0 Å². The minimum absolute atomic E-state index is 0. The summed E-state index contributed by atoms with van der Waals surface area (Å²) in [5.41, 5.74) is -5.05. The largest absolute Gasteiger partial charge is 1.00 e. The number of hydrogen-bond acceptors (Lipinski definition) is 8. The zero-order chi connectivity index (χ0) is 24.4.